The number of carbonyl (C=O) groups is 2. The molecule has 1 aliphatic heterocycles. The first-order valence-electron chi connectivity index (χ1n) is 15.4. The number of guanidine groups is 1. The van der Waals surface area contributed by atoms with E-state index < -0.39 is 41.2 Å². The SMILES string of the molecule is CCCCC/C=C/COc1ccc(-c2noc([C@@H]3CCCN3/C(=N/C(=O)OC(C)(C)C)NC(=O)OC(C)(C)C)n2)cc1C(F)(F)F. The lowest BCUT2D eigenvalue weighted by Crippen LogP contribution is -2.46. The average Bonchev–Trinajstić information content (AvgIpc) is 3.60. The molecule has 0 saturated carbocycles. The van der Waals surface area contributed by atoms with Gasteiger partial charge in [-0.15, -0.1) is 4.99 Å². The minimum Gasteiger partial charge on any atom is -0.489 e. The van der Waals surface area contributed by atoms with E-state index in [0.29, 0.717) is 19.4 Å². The maximum absolute atomic E-state index is 14.0. The summed E-state index contributed by atoms with van der Waals surface area (Å²) in [5, 5.41) is 6.45. The predicted molar refractivity (Wildman–Crippen MR) is 165 cm³/mol. The molecule has 1 aromatic carbocycles. The minimum atomic E-state index is -4.69. The smallest absolute Gasteiger partial charge is 0.437 e. The van der Waals surface area contributed by atoms with Gasteiger partial charge < -0.3 is 23.6 Å². The number of aromatic nitrogens is 2. The van der Waals surface area contributed by atoms with Crippen molar-refractivity contribution in [3.8, 4) is 17.1 Å². The molecule has 0 spiro atoms. The van der Waals surface area contributed by atoms with Gasteiger partial charge in [-0.25, -0.2) is 9.59 Å². The molecule has 254 valence electrons. The van der Waals surface area contributed by atoms with Crippen LogP contribution in [0.25, 0.3) is 11.4 Å². The number of alkyl halides is 3. The maximum atomic E-state index is 14.0. The quantitative estimate of drug-likeness (QED) is 0.123. The van der Waals surface area contributed by atoms with Crippen LogP contribution in [0.15, 0.2) is 39.9 Å². The molecule has 1 atom stereocenters. The summed E-state index contributed by atoms with van der Waals surface area (Å²) in [5.41, 5.74) is -2.56. The van der Waals surface area contributed by atoms with Crippen LogP contribution in [0.2, 0.25) is 0 Å². The Hall–Kier alpha value is -4.10. The number of nitrogens with zero attached hydrogens (tertiary/aromatic N) is 4. The summed E-state index contributed by atoms with van der Waals surface area (Å²) in [7, 11) is 0. The molecule has 3 rings (SSSR count). The van der Waals surface area contributed by atoms with Gasteiger partial charge in [-0.2, -0.15) is 18.2 Å². The number of hydrogen-bond acceptors (Lipinski definition) is 8. The van der Waals surface area contributed by atoms with E-state index in [-0.39, 0.29) is 35.6 Å². The van der Waals surface area contributed by atoms with Gasteiger partial charge in [0.2, 0.25) is 17.7 Å². The largest absolute Gasteiger partial charge is 0.489 e. The van der Waals surface area contributed by atoms with Gasteiger partial charge in [-0.1, -0.05) is 37.1 Å². The van der Waals surface area contributed by atoms with Crippen LogP contribution < -0.4 is 10.1 Å². The van der Waals surface area contributed by atoms with E-state index in [4.69, 9.17) is 18.7 Å². The highest BCUT2D eigenvalue weighted by molar-refractivity contribution is 5.99. The molecule has 0 unspecified atom stereocenters. The van der Waals surface area contributed by atoms with Gasteiger partial charge in [0, 0.05) is 12.1 Å². The van der Waals surface area contributed by atoms with Crippen molar-refractivity contribution in [3.63, 3.8) is 0 Å². The van der Waals surface area contributed by atoms with E-state index in [1.54, 1.807) is 52.5 Å². The Balaban J connectivity index is 1.85. The second-order valence-electron chi connectivity index (χ2n) is 12.8. The number of likely N-dealkylation sites (tertiary alicyclic amines) is 1. The Morgan fingerprint density at radius 1 is 1.09 bits per heavy atom. The summed E-state index contributed by atoms with van der Waals surface area (Å²) in [4.78, 5) is 35.2. The highest BCUT2D eigenvalue weighted by Gasteiger charge is 2.37. The Labute approximate surface area is 267 Å². The standard InChI is InChI=1S/C32H44F3N5O6/c1-8-9-10-11-12-13-19-43-24-17-16-21(20-22(24)32(33,34)35)25-36-26(46-39-25)23-15-14-18-40(23)27(37-28(41)44-30(2,3)4)38-29(42)45-31(5,6)7/h12-13,16-17,20,23H,8-11,14-15,18-19H2,1-7H3,(H,37,38,41,42)/b13-12+/t23-/m0/s1. The number of nitrogens with one attached hydrogen (secondary N) is 1. The number of unbranched alkanes of at least 4 members (excludes halogenated alkanes) is 3. The molecule has 14 heteroatoms. The van der Waals surface area contributed by atoms with Gasteiger partial charge in [0.25, 0.3) is 0 Å². The van der Waals surface area contributed by atoms with Crippen molar-refractivity contribution in [1.29, 1.82) is 0 Å². The van der Waals surface area contributed by atoms with Gasteiger partial charge >= 0.3 is 18.4 Å². The number of carbonyl (C=O) groups excluding carboxylic acids is 2. The number of aliphatic imine (C=N–C) groups is 1. The zero-order valence-corrected chi connectivity index (χ0v) is 27.5. The molecule has 2 aromatic rings. The molecule has 1 N–H and O–H groups in total. The molecule has 1 fully saturated rings. The fraction of sp³-hybridized carbons (Fsp3) is 0.594. The maximum Gasteiger partial charge on any atom is 0.437 e. The Bertz CT molecular complexity index is 1390. The Morgan fingerprint density at radius 3 is 2.46 bits per heavy atom. The topological polar surface area (TPSA) is 128 Å². The van der Waals surface area contributed by atoms with Crippen molar-refractivity contribution in [2.24, 2.45) is 4.99 Å². The van der Waals surface area contributed by atoms with E-state index in [1.807, 2.05) is 6.08 Å². The van der Waals surface area contributed by atoms with Crippen LogP contribution in [-0.2, 0) is 15.7 Å². The van der Waals surface area contributed by atoms with Crippen LogP contribution in [0.1, 0.15) is 104 Å². The molecule has 0 aliphatic carbocycles. The molecule has 0 bridgehead atoms. The van der Waals surface area contributed by atoms with Crippen molar-refractivity contribution in [1.82, 2.24) is 20.4 Å². The van der Waals surface area contributed by atoms with Crippen molar-refractivity contribution < 1.29 is 41.5 Å². The molecule has 0 radical (unpaired) electrons. The summed E-state index contributed by atoms with van der Waals surface area (Å²) >= 11 is 0. The monoisotopic (exact) mass is 651 g/mol. The zero-order valence-electron chi connectivity index (χ0n) is 27.5. The van der Waals surface area contributed by atoms with Crippen molar-refractivity contribution in [2.75, 3.05) is 13.2 Å². The second kappa shape index (κ2) is 15.5. The Morgan fingerprint density at radius 2 is 1.80 bits per heavy atom. The van der Waals surface area contributed by atoms with Crippen LogP contribution in [0, 0.1) is 0 Å². The number of hydrogen-bond donors (Lipinski definition) is 1. The number of ether oxygens (including phenoxy) is 3. The first kappa shape index (κ1) is 36.4. The summed E-state index contributed by atoms with van der Waals surface area (Å²) in [6.07, 6.45) is 2.23. The molecule has 2 amide bonds. The molecule has 46 heavy (non-hydrogen) atoms. The van der Waals surface area contributed by atoms with Gasteiger partial charge in [-0.05, 0) is 85.4 Å². The van der Waals surface area contributed by atoms with E-state index in [2.05, 4.69) is 27.4 Å². The lowest BCUT2D eigenvalue weighted by molar-refractivity contribution is -0.138. The molecular formula is C32H44F3N5O6. The first-order valence-corrected chi connectivity index (χ1v) is 15.4. The zero-order chi connectivity index (χ0) is 34.1. The minimum absolute atomic E-state index is 0.00291. The van der Waals surface area contributed by atoms with Crippen LogP contribution in [0.3, 0.4) is 0 Å². The summed E-state index contributed by atoms with van der Waals surface area (Å²) in [6, 6.07) is 2.93. The lowest BCUT2D eigenvalue weighted by atomic mass is 10.1. The molecule has 1 saturated heterocycles. The molecular weight excluding hydrogens is 607 g/mol. The third-order valence-corrected chi connectivity index (χ3v) is 6.47. The number of alkyl carbamates (subject to hydrolysis) is 1. The normalized spacial score (nSPS) is 16.2. The van der Waals surface area contributed by atoms with Gasteiger partial charge in [0.05, 0.1) is 5.56 Å². The molecule has 11 nitrogen and oxygen atoms in total. The predicted octanol–water partition coefficient (Wildman–Crippen LogP) is 8.22. The third kappa shape index (κ3) is 11.4. The van der Waals surface area contributed by atoms with E-state index in [9.17, 15) is 22.8 Å². The summed E-state index contributed by atoms with van der Waals surface area (Å²) < 4.78 is 63.6. The van der Waals surface area contributed by atoms with Crippen molar-refractivity contribution in [3.05, 3.63) is 41.8 Å². The van der Waals surface area contributed by atoms with Crippen LogP contribution in [0.5, 0.6) is 5.75 Å². The first-order chi connectivity index (χ1) is 21.5. The highest BCUT2D eigenvalue weighted by Crippen LogP contribution is 2.39. The summed E-state index contributed by atoms with van der Waals surface area (Å²) in [6.45, 7) is 12.5. The average molecular weight is 652 g/mol. The number of benzene rings is 1. The molecule has 2 heterocycles. The number of halogens is 3. The Kier molecular flexibility index (Phi) is 12.2. The number of amides is 2. The van der Waals surface area contributed by atoms with E-state index in [0.717, 1.165) is 31.7 Å². The third-order valence-electron chi connectivity index (χ3n) is 6.47. The molecule has 1 aliphatic rings. The fourth-order valence-corrected chi connectivity index (χ4v) is 4.55. The molecule has 1 aromatic heterocycles. The lowest BCUT2D eigenvalue weighted by Gasteiger charge is -2.27. The van der Waals surface area contributed by atoms with Gasteiger partial charge in [0.15, 0.2) is 0 Å². The van der Waals surface area contributed by atoms with Crippen molar-refractivity contribution in [2.45, 2.75) is 110 Å². The second-order valence-corrected chi connectivity index (χ2v) is 12.8. The summed E-state index contributed by atoms with van der Waals surface area (Å²) in [5.74, 6) is -0.458. The number of allylic oxidation sites excluding steroid dienone is 1. The fourth-order valence-electron chi connectivity index (χ4n) is 4.55. The van der Waals surface area contributed by atoms with Gasteiger partial charge in [-0.3, -0.25) is 5.32 Å². The van der Waals surface area contributed by atoms with E-state index in [1.165, 1.54) is 12.1 Å². The number of rotatable bonds is 9. The van der Waals surface area contributed by atoms with E-state index >= 15 is 0 Å². The van der Waals surface area contributed by atoms with Crippen molar-refractivity contribution >= 4 is 18.1 Å². The van der Waals surface area contributed by atoms with Crippen LogP contribution in [-0.4, -0.2) is 57.5 Å². The van der Waals surface area contributed by atoms with Crippen LogP contribution >= 0.6 is 0 Å². The highest BCUT2D eigenvalue weighted by atomic mass is 19.4. The van der Waals surface area contributed by atoms with Gasteiger partial charge in [0.1, 0.15) is 29.6 Å². The van der Waals surface area contributed by atoms with Crippen LogP contribution in [0.4, 0.5) is 22.8 Å².